The molecule has 1 aliphatic rings. The number of ketones is 1. The molecule has 0 aliphatic carbocycles. The molecule has 0 atom stereocenters. The third-order valence-corrected chi connectivity index (χ3v) is 3.20. The Hall–Kier alpha value is -2.40. The number of carbonyl (C=O) groups excluding carboxylic acids is 1. The van der Waals surface area contributed by atoms with Gasteiger partial charge in [-0.2, -0.15) is 0 Å². The molecule has 0 saturated carbocycles. The summed E-state index contributed by atoms with van der Waals surface area (Å²) in [5, 5.41) is 3.12. The maximum Gasteiger partial charge on any atom is 0.176 e. The van der Waals surface area contributed by atoms with Crippen molar-refractivity contribution < 1.29 is 14.3 Å². The second kappa shape index (κ2) is 6.37. The summed E-state index contributed by atoms with van der Waals surface area (Å²) in [6.45, 7) is 1.95. The lowest BCUT2D eigenvalue weighted by Gasteiger charge is -2.18. The minimum atomic E-state index is 0.0239. The first kappa shape index (κ1) is 13.6. The second-order valence-electron chi connectivity index (χ2n) is 4.75. The van der Waals surface area contributed by atoms with E-state index in [-0.39, 0.29) is 12.3 Å². The summed E-state index contributed by atoms with van der Waals surface area (Å²) in [5.74, 6) is 1.36. The molecule has 0 spiro atoms. The van der Waals surface area contributed by atoms with Gasteiger partial charge in [0.2, 0.25) is 0 Å². The molecule has 5 heteroatoms. The van der Waals surface area contributed by atoms with Gasteiger partial charge in [-0.05, 0) is 29.8 Å². The van der Waals surface area contributed by atoms with Crippen LogP contribution in [0.3, 0.4) is 0 Å². The molecule has 0 saturated heterocycles. The summed E-state index contributed by atoms with van der Waals surface area (Å²) in [7, 11) is 0. The van der Waals surface area contributed by atoms with Crippen LogP contribution in [0, 0.1) is 0 Å². The van der Waals surface area contributed by atoms with Crippen molar-refractivity contribution in [3.8, 4) is 11.5 Å². The molecule has 0 radical (unpaired) electrons. The Bertz CT molecular complexity index is 629. The van der Waals surface area contributed by atoms with E-state index in [0.717, 1.165) is 5.56 Å². The van der Waals surface area contributed by atoms with E-state index in [0.29, 0.717) is 36.8 Å². The fourth-order valence-corrected chi connectivity index (χ4v) is 2.14. The lowest BCUT2D eigenvalue weighted by Crippen LogP contribution is -2.23. The van der Waals surface area contributed by atoms with Gasteiger partial charge in [0.25, 0.3) is 0 Å². The van der Waals surface area contributed by atoms with Crippen LogP contribution in [-0.4, -0.2) is 30.5 Å². The van der Waals surface area contributed by atoms with Gasteiger partial charge in [-0.3, -0.25) is 9.78 Å². The van der Waals surface area contributed by atoms with Gasteiger partial charge in [-0.15, -0.1) is 0 Å². The number of hydrogen-bond donors (Lipinski definition) is 1. The van der Waals surface area contributed by atoms with Gasteiger partial charge in [0.1, 0.15) is 13.2 Å². The fourth-order valence-electron chi connectivity index (χ4n) is 2.14. The fraction of sp³-hybridized carbons (Fsp3) is 0.250. The molecule has 1 N–H and O–H groups in total. The molecular weight excluding hydrogens is 268 g/mol. The minimum Gasteiger partial charge on any atom is -0.486 e. The second-order valence-corrected chi connectivity index (χ2v) is 4.75. The maximum absolute atomic E-state index is 12.1. The average Bonchev–Trinajstić information content (AvgIpc) is 2.55. The molecule has 3 rings (SSSR count). The van der Waals surface area contributed by atoms with Crippen LogP contribution in [0.2, 0.25) is 0 Å². The molecule has 5 nitrogen and oxygen atoms in total. The van der Waals surface area contributed by atoms with Crippen molar-refractivity contribution >= 4 is 5.78 Å². The first-order valence-electron chi connectivity index (χ1n) is 6.85. The summed E-state index contributed by atoms with van der Waals surface area (Å²) in [6, 6.07) is 9.13. The molecule has 0 bridgehead atoms. The van der Waals surface area contributed by atoms with Crippen molar-refractivity contribution in [3.63, 3.8) is 0 Å². The minimum absolute atomic E-state index is 0.0239. The Morgan fingerprint density at radius 2 is 2.05 bits per heavy atom. The van der Waals surface area contributed by atoms with E-state index in [1.807, 2.05) is 12.1 Å². The Labute approximate surface area is 122 Å². The molecule has 0 fully saturated rings. The monoisotopic (exact) mass is 284 g/mol. The predicted octanol–water partition coefficient (Wildman–Crippen LogP) is 1.83. The molecule has 108 valence electrons. The van der Waals surface area contributed by atoms with E-state index < -0.39 is 0 Å². The first-order chi connectivity index (χ1) is 10.3. The van der Waals surface area contributed by atoms with Crippen LogP contribution in [0.4, 0.5) is 0 Å². The molecule has 2 aromatic rings. The SMILES string of the molecule is O=C(CNCc1cccnc1)c1ccc2c(c1)OCCO2. The average molecular weight is 284 g/mol. The van der Waals surface area contributed by atoms with Gasteiger partial charge < -0.3 is 14.8 Å². The largest absolute Gasteiger partial charge is 0.486 e. The zero-order valence-electron chi connectivity index (χ0n) is 11.5. The smallest absolute Gasteiger partial charge is 0.176 e. The van der Waals surface area contributed by atoms with Crippen LogP contribution in [0.25, 0.3) is 0 Å². The van der Waals surface area contributed by atoms with Crippen molar-refractivity contribution in [2.45, 2.75) is 6.54 Å². The third kappa shape index (κ3) is 3.38. The summed E-state index contributed by atoms with van der Waals surface area (Å²) >= 11 is 0. The molecule has 2 heterocycles. The van der Waals surface area contributed by atoms with Gasteiger partial charge in [-0.1, -0.05) is 6.07 Å². The molecule has 1 aliphatic heterocycles. The standard InChI is InChI=1S/C16H16N2O3/c19-14(11-18-10-12-2-1-5-17-9-12)13-3-4-15-16(8-13)21-7-6-20-15/h1-5,8-9,18H,6-7,10-11H2. The number of nitrogens with zero attached hydrogens (tertiary/aromatic N) is 1. The van der Waals surface area contributed by atoms with Crippen LogP contribution in [0.5, 0.6) is 11.5 Å². The maximum atomic E-state index is 12.1. The number of aromatic nitrogens is 1. The summed E-state index contributed by atoms with van der Waals surface area (Å²) in [5.41, 5.74) is 1.67. The molecular formula is C16H16N2O3. The van der Waals surface area contributed by atoms with E-state index >= 15 is 0 Å². The van der Waals surface area contributed by atoms with Gasteiger partial charge in [-0.25, -0.2) is 0 Å². The number of benzene rings is 1. The van der Waals surface area contributed by atoms with E-state index in [4.69, 9.17) is 9.47 Å². The normalized spacial score (nSPS) is 13.0. The van der Waals surface area contributed by atoms with Gasteiger partial charge >= 0.3 is 0 Å². The van der Waals surface area contributed by atoms with Crippen molar-refractivity contribution in [1.29, 1.82) is 0 Å². The predicted molar refractivity (Wildman–Crippen MR) is 77.7 cm³/mol. The van der Waals surface area contributed by atoms with Gasteiger partial charge in [0.15, 0.2) is 17.3 Å². The number of fused-ring (bicyclic) bond motifs is 1. The number of pyridine rings is 1. The first-order valence-corrected chi connectivity index (χ1v) is 6.85. The van der Waals surface area contributed by atoms with Crippen molar-refractivity contribution in [3.05, 3.63) is 53.9 Å². The van der Waals surface area contributed by atoms with Crippen LogP contribution in [0.15, 0.2) is 42.7 Å². The number of rotatable bonds is 5. The molecule has 0 amide bonds. The number of ether oxygens (including phenoxy) is 2. The Kier molecular flexibility index (Phi) is 4.12. The molecule has 1 aromatic heterocycles. The third-order valence-electron chi connectivity index (χ3n) is 3.20. The molecule has 0 unspecified atom stereocenters. The van der Waals surface area contributed by atoms with E-state index in [1.54, 1.807) is 30.6 Å². The van der Waals surface area contributed by atoms with Crippen molar-refractivity contribution in [2.24, 2.45) is 0 Å². The van der Waals surface area contributed by atoms with Crippen LogP contribution >= 0.6 is 0 Å². The topological polar surface area (TPSA) is 60.5 Å². The van der Waals surface area contributed by atoms with Gasteiger partial charge in [0, 0.05) is 24.5 Å². The zero-order valence-corrected chi connectivity index (χ0v) is 11.5. The van der Waals surface area contributed by atoms with E-state index in [1.165, 1.54) is 0 Å². The highest BCUT2D eigenvalue weighted by molar-refractivity contribution is 5.98. The zero-order chi connectivity index (χ0) is 14.5. The number of nitrogens with one attached hydrogen (secondary N) is 1. The Morgan fingerprint density at radius 3 is 2.86 bits per heavy atom. The Morgan fingerprint density at radius 1 is 1.19 bits per heavy atom. The van der Waals surface area contributed by atoms with E-state index in [2.05, 4.69) is 10.3 Å². The van der Waals surface area contributed by atoms with Gasteiger partial charge in [0.05, 0.1) is 6.54 Å². The molecule has 21 heavy (non-hydrogen) atoms. The number of carbonyl (C=O) groups is 1. The van der Waals surface area contributed by atoms with Crippen LogP contribution < -0.4 is 14.8 Å². The summed E-state index contributed by atoms with van der Waals surface area (Å²) < 4.78 is 10.9. The molecule has 1 aromatic carbocycles. The van der Waals surface area contributed by atoms with Crippen molar-refractivity contribution in [1.82, 2.24) is 10.3 Å². The highest BCUT2D eigenvalue weighted by atomic mass is 16.6. The number of hydrogen-bond acceptors (Lipinski definition) is 5. The highest BCUT2D eigenvalue weighted by Gasteiger charge is 2.14. The highest BCUT2D eigenvalue weighted by Crippen LogP contribution is 2.30. The van der Waals surface area contributed by atoms with Crippen LogP contribution in [-0.2, 0) is 6.54 Å². The number of Topliss-reactive ketones (excluding diaryl/α,β-unsaturated/α-hetero) is 1. The van der Waals surface area contributed by atoms with Crippen molar-refractivity contribution in [2.75, 3.05) is 19.8 Å². The lowest BCUT2D eigenvalue weighted by molar-refractivity contribution is 0.0989. The summed E-state index contributed by atoms with van der Waals surface area (Å²) in [6.07, 6.45) is 3.51. The van der Waals surface area contributed by atoms with E-state index in [9.17, 15) is 4.79 Å². The quantitative estimate of drug-likeness (QED) is 0.849. The lowest BCUT2D eigenvalue weighted by atomic mass is 10.1. The summed E-state index contributed by atoms with van der Waals surface area (Å²) in [4.78, 5) is 16.2. The Balaban J connectivity index is 1.58. The van der Waals surface area contributed by atoms with Crippen LogP contribution in [0.1, 0.15) is 15.9 Å².